The lowest BCUT2D eigenvalue weighted by Crippen LogP contribution is -2.50. The molecular weight excluding hydrogens is 932 g/mol. The van der Waals surface area contributed by atoms with E-state index in [1.807, 2.05) is 13.8 Å². The van der Waals surface area contributed by atoms with Crippen molar-refractivity contribution < 1.29 is 28.6 Å². The summed E-state index contributed by atoms with van der Waals surface area (Å²) in [6, 6.07) is 0. The van der Waals surface area contributed by atoms with Crippen molar-refractivity contribution >= 4 is 7.60 Å². The molecule has 72 heavy (non-hydrogen) atoms. The molecule has 0 bridgehead atoms. The maximum atomic E-state index is 15.0. The summed E-state index contributed by atoms with van der Waals surface area (Å²) in [5, 5.41) is 0. The summed E-state index contributed by atoms with van der Waals surface area (Å²) in [4.78, 5) is 77.1. The number of aromatic amines is 1. The number of hydrogen-bond donors (Lipinski definition) is 3. The largest absolute Gasteiger partial charge is 0.381 e. The van der Waals surface area contributed by atoms with Crippen LogP contribution in [0.3, 0.4) is 0 Å². The van der Waals surface area contributed by atoms with E-state index < -0.39 is 41.9 Å². The number of hydrogen-bond acceptors (Lipinski definition) is 8. The van der Waals surface area contributed by atoms with Crippen LogP contribution in [0.5, 0.6) is 0 Å². The highest BCUT2D eigenvalue weighted by atomic mass is 31.2. The maximum Gasteiger partial charge on any atom is 0.350 e. The molecule has 2 aromatic rings. The van der Waals surface area contributed by atoms with Crippen molar-refractivity contribution in [2.24, 2.45) is 0 Å². The Labute approximate surface area is 435 Å². The number of aryl methyl sites for hydroxylation is 1. The van der Waals surface area contributed by atoms with Gasteiger partial charge in [0.15, 0.2) is 0 Å². The second kappa shape index (κ2) is 40.7. The molecule has 15 heteroatoms. The molecule has 0 aliphatic heterocycles. The van der Waals surface area contributed by atoms with Crippen LogP contribution < -0.4 is 22.5 Å². The summed E-state index contributed by atoms with van der Waals surface area (Å²) in [5.74, 6) is 0.000897. The van der Waals surface area contributed by atoms with E-state index in [2.05, 4.69) is 18.8 Å². The zero-order valence-electron chi connectivity index (χ0n) is 46.4. The van der Waals surface area contributed by atoms with Gasteiger partial charge in [0.05, 0.1) is 31.9 Å². The molecule has 0 saturated heterocycles. The molecule has 0 amide bonds. The molecule has 418 valence electrons. The third-order valence-electron chi connectivity index (χ3n) is 14.8. The van der Waals surface area contributed by atoms with Gasteiger partial charge in [-0.2, -0.15) is 0 Å². The van der Waals surface area contributed by atoms with Gasteiger partial charge in [0, 0.05) is 37.0 Å². The number of H-pyrrole nitrogens is 1. The molecule has 14 nitrogen and oxygen atoms in total. The van der Waals surface area contributed by atoms with Gasteiger partial charge in [0.1, 0.15) is 12.2 Å². The van der Waals surface area contributed by atoms with Crippen LogP contribution in [0.1, 0.15) is 264 Å². The molecule has 0 saturated carbocycles. The minimum absolute atomic E-state index is 0.000897. The quantitative estimate of drug-likeness (QED) is 0.0426. The van der Waals surface area contributed by atoms with Crippen LogP contribution in [0.2, 0.25) is 0 Å². The van der Waals surface area contributed by atoms with Crippen molar-refractivity contribution in [3.8, 4) is 5.82 Å². The Kier molecular flexibility index (Phi) is 37.0. The normalized spacial score (nSPS) is 12.2. The number of ether oxygens (including phenoxy) is 3. The van der Waals surface area contributed by atoms with E-state index >= 15 is 0 Å². The third kappa shape index (κ3) is 27.3. The van der Waals surface area contributed by atoms with E-state index in [-0.39, 0.29) is 43.2 Å². The lowest BCUT2D eigenvalue weighted by atomic mass is 9.73. The Morgan fingerprint density at radius 3 is 1.29 bits per heavy atom. The van der Waals surface area contributed by atoms with Gasteiger partial charge in [0.25, 0.3) is 11.1 Å². The van der Waals surface area contributed by atoms with Crippen LogP contribution in [-0.2, 0) is 37.3 Å². The smallest absolute Gasteiger partial charge is 0.350 e. The number of aromatic nitrogens is 4. The van der Waals surface area contributed by atoms with Gasteiger partial charge in [0.2, 0.25) is 0 Å². The molecule has 2 aromatic heterocycles. The summed E-state index contributed by atoms with van der Waals surface area (Å²) in [5.41, 5.74) is -3.11. The highest BCUT2D eigenvalue weighted by molar-refractivity contribution is 7.51. The van der Waals surface area contributed by atoms with Crippen LogP contribution >= 0.6 is 7.60 Å². The fourth-order valence-electron chi connectivity index (χ4n) is 10.1. The Morgan fingerprint density at radius 2 is 0.889 bits per heavy atom. The molecule has 3 N–H and O–H groups in total. The summed E-state index contributed by atoms with van der Waals surface area (Å²) in [7, 11) is -4.52. The molecule has 2 heterocycles. The molecule has 0 unspecified atom stereocenters. The van der Waals surface area contributed by atoms with E-state index in [1.54, 1.807) is 0 Å². The Balaban J connectivity index is 2.09. The summed E-state index contributed by atoms with van der Waals surface area (Å²) >= 11 is 0. The van der Waals surface area contributed by atoms with Crippen molar-refractivity contribution in [2.45, 2.75) is 278 Å². The number of rotatable bonds is 49. The number of nitrogens with zero attached hydrogens (tertiary/aromatic N) is 3. The van der Waals surface area contributed by atoms with Crippen LogP contribution in [0, 0.1) is 6.92 Å². The fraction of sp³-hybridized carbons (Fsp3) is 0.860. The summed E-state index contributed by atoms with van der Waals surface area (Å²) in [6.45, 7) is 11.0. The fourth-order valence-corrected chi connectivity index (χ4v) is 10.4. The predicted molar refractivity (Wildman–Crippen MR) is 296 cm³/mol. The van der Waals surface area contributed by atoms with Crippen molar-refractivity contribution in [2.75, 3.05) is 39.4 Å². The zero-order chi connectivity index (χ0) is 52.7. The molecule has 0 spiro atoms. The highest BCUT2D eigenvalue weighted by Gasteiger charge is 2.38. The van der Waals surface area contributed by atoms with Crippen LogP contribution in [-0.4, -0.2) is 67.9 Å². The van der Waals surface area contributed by atoms with Gasteiger partial charge >= 0.3 is 19.0 Å². The van der Waals surface area contributed by atoms with Crippen LogP contribution in [0.15, 0.2) is 25.4 Å². The molecule has 0 aliphatic rings. The topological polar surface area (TPSA) is 184 Å². The number of unbranched alkanes of at least 4 members (excludes halogenated alkanes) is 30. The lowest BCUT2D eigenvalue weighted by molar-refractivity contribution is 0.106. The van der Waals surface area contributed by atoms with Crippen molar-refractivity contribution in [1.82, 2.24) is 18.7 Å². The zero-order valence-corrected chi connectivity index (χ0v) is 47.3. The van der Waals surface area contributed by atoms with E-state index in [9.17, 15) is 33.5 Å². The Bertz CT molecular complexity index is 1970. The van der Waals surface area contributed by atoms with E-state index in [0.717, 1.165) is 41.2 Å². The van der Waals surface area contributed by atoms with Gasteiger partial charge in [-0.05, 0) is 39.0 Å². The minimum atomic E-state index is -4.52. The van der Waals surface area contributed by atoms with Crippen LogP contribution in [0.4, 0.5) is 0 Å². The number of nitrogens with one attached hydrogen (secondary N) is 1. The average molecular weight is 1040 g/mol. The van der Waals surface area contributed by atoms with Crippen LogP contribution in [0.25, 0.3) is 5.82 Å². The SMILES string of the molecule is CCCCCCCCCCCCCCCCCCOCCn1c(=O)c(C(CC)(CC)CCOCCCCCCCCCCCCCCCCCC)c(-n2cc(C)c(=O)[nH]c2=O)n(CCOCP(=O)(O)O)c1=O. The van der Waals surface area contributed by atoms with Gasteiger partial charge in [-0.15, -0.1) is 0 Å². The standard InChI is InChI=1S/C57H105N4O10P/c1-6-10-12-14-16-18-20-22-24-26-28-30-32-34-36-38-43-69-45-40-57(8-3,9-4)51-53(61-48-50(5)52(62)58-55(61)64)59(41-47-71-49-72(66,67)68)56(65)60(54(51)63)42-46-70-44-39-37-35-33-31-29-27-25-23-21-19-17-15-13-11-7-2/h48H,6-47,49H2,1-5H3,(H,58,62,64)(H2,66,67,68). The van der Waals surface area contributed by atoms with Crippen molar-refractivity contribution in [3.63, 3.8) is 0 Å². The van der Waals surface area contributed by atoms with E-state index in [0.29, 0.717) is 39.1 Å². The molecule has 0 atom stereocenters. The van der Waals surface area contributed by atoms with Gasteiger partial charge in [-0.1, -0.05) is 220 Å². The second-order valence-electron chi connectivity index (χ2n) is 20.8. The molecule has 2 rings (SSSR count). The first kappa shape index (κ1) is 65.5. The second-order valence-corrected chi connectivity index (χ2v) is 22.4. The maximum absolute atomic E-state index is 15.0. The average Bonchev–Trinajstić information content (AvgIpc) is 3.35. The van der Waals surface area contributed by atoms with Crippen molar-refractivity contribution in [3.05, 3.63) is 59.0 Å². The Morgan fingerprint density at radius 1 is 0.514 bits per heavy atom. The molecular formula is C57H105N4O10P. The first-order valence-corrected chi connectivity index (χ1v) is 31.2. The van der Waals surface area contributed by atoms with E-state index in [4.69, 9.17) is 14.2 Å². The van der Waals surface area contributed by atoms with Crippen molar-refractivity contribution in [1.29, 1.82) is 0 Å². The Hall–Kier alpha value is -2.61. The molecule has 0 fully saturated rings. The molecule has 0 aromatic carbocycles. The first-order chi connectivity index (χ1) is 34.9. The summed E-state index contributed by atoms with van der Waals surface area (Å²) < 4.78 is 32.8. The van der Waals surface area contributed by atoms with Gasteiger partial charge < -0.3 is 24.0 Å². The molecule has 0 radical (unpaired) electrons. The predicted octanol–water partition coefficient (Wildman–Crippen LogP) is 13.3. The minimum Gasteiger partial charge on any atom is -0.381 e. The first-order valence-electron chi connectivity index (χ1n) is 29.4. The third-order valence-corrected chi connectivity index (χ3v) is 15.3. The van der Waals surface area contributed by atoms with Gasteiger partial charge in [-0.25, -0.2) is 9.59 Å². The lowest BCUT2D eigenvalue weighted by Gasteiger charge is -2.35. The monoisotopic (exact) mass is 1040 g/mol. The molecule has 0 aliphatic carbocycles. The van der Waals surface area contributed by atoms with E-state index in [1.165, 1.54) is 191 Å². The van der Waals surface area contributed by atoms with Gasteiger partial charge in [-0.3, -0.25) is 32.8 Å². The summed E-state index contributed by atoms with van der Waals surface area (Å²) in [6.07, 6.45) is 42.9. The highest BCUT2D eigenvalue weighted by Crippen LogP contribution is 2.37.